The van der Waals surface area contributed by atoms with Crippen molar-refractivity contribution in [3.63, 3.8) is 0 Å². The molecule has 2 saturated carbocycles. The van der Waals surface area contributed by atoms with E-state index >= 15 is 0 Å². The Kier molecular flexibility index (Phi) is 3.73. The molecule has 3 heteroatoms. The van der Waals surface area contributed by atoms with Crippen molar-refractivity contribution in [2.45, 2.75) is 50.7 Å². The van der Waals surface area contributed by atoms with Crippen LogP contribution in [-0.4, -0.2) is 30.6 Å². The summed E-state index contributed by atoms with van der Waals surface area (Å²) in [5.74, 6) is 0.873. The van der Waals surface area contributed by atoms with Gasteiger partial charge < -0.3 is 5.32 Å². The molecule has 1 aromatic heterocycles. The molecule has 2 nitrogen and oxygen atoms in total. The van der Waals surface area contributed by atoms with Crippen molar-refractivity contribution in [1.82, 2.24) is 10.2 Å². The summed E-state index contributed by atoms with van der Waals surface area (Å²) >= 11 is 1.88. The van der Waals surface area contributed by atoms with Crippen LogP contribution in [0.5, 0.6) is 0 Å². The molecule has 3 unspecified atom stereocenters. The molecule has 3 rings (SSSR count). The number of rotatable bonds is 6. The zero-order valence-corrected chi connectivity index (χ0v) is 12.2. The lowest BCUT2D eigenvalue weighted by molar-refractivity contribution is 0.0558. The van der Waals surface area contributed by atoms with E-state index in [4.69, 9.17) is 0 Å². The lowest BCUT2D eigenvalue weighted by Gasteiger charge is -2.45. The molecule has 18 heavy (non-hydrogen) atoms. The van der Waals surface area contributed by atoms with Gasteiger partial charge in [-0.15, -0.1) is 11.3 Å². The predicted octanol–water partition coefficient (Wildman–Crippen LogP) is 3.27. The van der Waals surface area contributed by atoms with Crippen molar-refractivity contribution >= 4 is 11.3 Å². The van der Waals surface area contributed by atoms with Crippen molar-refractivity contribution in [2.24, 2.45) is 5.92 Å². The summed E-state index contributed by atoms with van der Waals surface area (Å²) < 4.78 is 0. The van der Waals surface area contributed by atoms with Crippen molar-refractivity contribution < 1.29 is 0 Å². The fourth-order valence-corrected chi connectivity index (χ4v) is 3.78. The highest BCUT2D eigenvalue weighted by atomic mass is 32.1. The Morgan fingerprint density at radius 3 is 2.78 bits per heavy atom. The van der Waals surface area contributed by atoms with E-state index in [1.165, 1.54) is 37.1 Å². The third kappa shape index (κ3) is 2.63. The number of hydrogen-bond acceptors (Lipinski definition) is 3. The number of nitrogens with zero attached hydrogens (tertiary/aromatic N) is 1. The maximum Gasteiger partial charge on any atom is 0.0413 e. The zero-order chi connectivity index (χ0) is 12.5. The van der Waals surface area contributed by atoms with Crippen molar-refractivity contribution in [3.05, 3.63) is 22.4 Å². The quantitative estimate of drug-likeness (QED) is 0.848. The molecule has 0 aromatic carbocycles. The molecule has 3 atom stereocenters. The topological polar surface area (TPSA) is 15.3 Å². The lowest BCUT2D eigenvalue weighted by atomic mass is 9.78. The Labute approximate surface area is 114 Å². The average molecular weight is 264 g/mol. The minimum atomic E-state index is 0.568. The monoisotopic (exact) mass is 264 g/mol. The van der Waals surface area contributed by atoms with Crippen LogP contribution in [-0.2, 0) is 0 Å². The van der Waals surface area contributed by atoms with E-state index in [-0.39, 0.29) is 0 Å². The van der Waals surface area contributed by atoms with E-state index in [0.29, 0.717) is 6.04 Å². The minimum absolute atomic E-state index is 0.568. The Bertz CT molecular complexity index is 372. The van der Waals surface area contributed by atoms with Crippen LogP contribution in [0.4, 0.5) is 0 Å². The van der Waals surface area contributed by atoms with Gasteiger partial charge in [0.1, 0.15) is 0 Å². The second-order valence-electron chi connectivity index (χ2n) is 5.94. The molecule has 2 fully saturated rings. The van der Waals surface area contributed by atoms with Crippen LogP contribution in [0.1, 0.15) is 43.5 Å². The summed E-state index contributed by atoms with van der Waals surface area (Å²) in [5.41, 5.74) is 0. The first-order valence-electron chi connectivity index (χ1n) is 7.24. The number of nitrogens with one attached hydrogen (secondary N) is 1. The number of thiophene rings is 1. The van der Waals surface area contributed by atoms with E-state index in [0.717, 1.165) is 18.0 Å². The van der Waals surface area contributed by atoms with Gasteiger partial charge in [-0.2, -0.15) is 0 Å². The van der Waals surface area contributed by atoms with Gasteiger partial charge in [-0.25, -0.2) is 0 Å². The molecule has 0 aliphatic heterocycles. The third-order valence-electron chi connectivity index (χ3n) is 4.71. The second-order valence-corrected chi connectivity index (χ2v) is 6.92. The van der Waals surface area contributed by atoms with Crippen LogP contribution in [0.25, 0.3) is 0 Å². The molecule has 0 amide bonds. The predicted molar refractivity (Wildman–Crippen MR) is 78.0 cm³/mol. The third-order valence-corrected chi connectivity index (χ3v) is 5.75. The largest absolute Gasteiger partial charge is 0.314 e. The summed E-state index contributed by atoms with van der Waals surface area (Å²) in [6.45, 7) is 3.58. The summed E-state index contributed by atoms with van der Waals surface area (Å²) in [7, 11) is 2.30. The van der Waals surface area contributed by atoms with Gasteiger partial charge in [0.15, 0.2) is 0 Å². The summed E-state index contributed by atoms with van der Waals surface area (Å²) in [6.07, 6.45) is 5.59. The van der Waals surface area contributed by atoms with Gasteiger partial charge in [0, 0.05) is 23.0 Å². The summed E-state index contributed by atoms with van der Waals surface area (Å²) in [4.78, 5) is 4.09. The van der Waals surface area contributed by atoms with E-state index in [1.54, 1.807) is 0 Å². The normalized spacial score (nSPS) is 29.3. The fraction of sp³-hybridized carbons (Fsp3) is 0.733. The molecular formula is C15H24N2S. The van der Waals surface area contributed by atoms with Crippen LogP contribution < -0.4 is 5.32 Å². The molecular weight excluding hydrogens is 240 g/mol. The first kappa shape index (κ1) is 12.6. The Balaban J connectivity index is 1.53. The van der Waals surface area contributed by atoms with Crippen molar-refractivity contribution in [3.8, 4) is 0 Å². The van der Waals surface area contributed by atoms with Crippen LogP contribution in [0.3, 0.4) is 0 Å². The van der Waals surface area contributed by atoms with Gasteiger partial charge in [0.25, 0.3) is 0 Å². The smallest absolute Gasteiger partial charge is 0.0413 e. The van der Waals surface area contributed by atoms with Crippen molar-refractivity contribution in [2.75, 3.05) is 13.6 Å². The van der Waals surface area contributed by atoms with E-state index in [2.05, 4.69) is 41.7 Å². The molecule has 0 radical (unpaired) electrons. The van der Waals surface area contributed by atoms with Gasteiger partial charge in [-0.3, -0.25) is 4.90 Å². The Hall–Kier alpha value is -0.380. The molecule has 1 heterocycles. The van der Waals surface area contributed by atoms with Crippen LogP contribution in [0, 0.1) is 5.92 Å². The molecule has 0 spiro atoms. The first-order chi connectivity index (χ1) is 8.75. The maximum atomic E-state index is 3.69. The van der Waals surface area contributed by atoms with E-state index in [9.17, 15) is 0 Å². The Morgan fingerprint density at radius 2 is 2.22 bits per heavy atom. The maximum absolute atomic E-state index is 3.69. The SMILES string of the molecule is CC(c1cccs1)N(C)C1CCC1CNC1CC1. The summed E-state index contributed by atoms with van der Waals surface area (Å²) in [6, 6.07) is 6.64. The molecule has 2 aliphatic carbocycles. The number of hydrogen-bond donors (Lipinski definition) is 1. The van der Waals surface area contributed by atoms with Gasteiger partial charge in [-0.05, 0) is 63.6 Å². The highest BCUT2D eigenvalue weighted by Crippen LogP contribution is 2.36. The zero-order valence-electron chi connectivity index (χ0n) is 11.4. The van der Waals surface area contributed by atoms with E-state index < -0.39 is 0 Å². The molecule has 0 saturated heterocycles. The first-order valence-corrected chi connectivity index (χ1v) is 8.12. The average Bonchev–Trinajstić information content (AvgIpc) is 2.99. The molecule has 100 valence electrons. The lowest BCUT2D eigenvalue weighted by Crippen LogP contribution is -2.49. The Morgan fingerprint density at radius 1 is 1.39 bits per heavy atom. The summed E-state index contributed by atoms with van der Waals surface area (Å²) in [5, 5.41) is 5.88. The van der Waals surface area contributed by atoms with Crippen molar-refractivity contribution in [1.29, 1.82) is 0 Å². The minimum Gasteiger partial charge on any atom is -0.314 e. The molecule has 0 bridgehead atoms. The van der Waals surface area contributed by atoms with Gasteiger partial charge >= 0.3 is 0 Å². The standard InChI is InChI=1S/C15H24N2S/c1-11(15-4-3-9-18-15)17(2)14-8-5-12(14)10-16-13-6-7-13/h3-4,9,11-14,16H,5-8,10H2,1-2H3. The molecule has 1 aromatic rings. The van der Waals surface area contributed by atoms with Gasteiger partial charge in [0.2, 0.25) is 0 Å². The van der Waals surface area contributed by atoms with Gasteiger partial charge in [0.05, 0.1) is 0 Å². The highest BCUT2D eigenvalue weighted by Gasteiger charge is 2.36. The van der Waals surface area contributed by atoms with Crippen LogP contribution in [0.2, 0.25) is 0 Å². The second kappa shape index (κ2) is 5.32. The molecule has 2 aliphatic rings. The molecule has 1 N–H and O–H groups in total. The van der Waals surface area contributed by atoms with Crippen LogP contribution >= 0.6 is 11.3 Å². The fourth-order valence-electron chi connectivity index (χ4n) is 2.95. The van der Waals surface area contributed by atoms with Crippen LogP contribution in [0.15, 0.2) is 17.5 Å². The highest BCUT2D eigenvalue weighted by molar-refractivity contribution is 7.10. The van der Waals surface area contributed by atoms with E-state index in [1.807, 2.05) is 11.3 Å². The van der Waals surface area contributed by atoms with Gasteiger partial charge in [-0.1, -0.05) is 6.07 Å².